The molecule has 0 atom stereocenters. The molecule has 0 aliphatic carbocycles. The summed E-state index contributed by atoms with van der Waals surface area (Å²) in [6, 6.07) is 10.1. The predicted molar refractivity (Wildman–Crippen MR) is 99.1 cm³/mol. The van der Waals surface area contributed by atoms with Crippen molar-refractivity contribution in [3.63, 3.8) is 0 Å². The van der Waals surface area contributed by atoms with Crippen molar-refractivity contribution >= 4 is 5.57 Å². The maximum Gasteiger partial charge on any atom is 0.278 e. The van der Waals surface area contributed by atoms with E-state index in [1.54, 1.807) is 12.1 Å². The first-order valence-electron chi connectivity index (χ1n) is 8.17. The van der Waals surface area contributed by atoms with Gasteiger partial charge in [-0.1, -0.05) is 36.5 Å². The van der Waals surface area contributed by atoms with Crippen molar-refractivity contribution in [2.24, 2.45) is 0 Å². The van der Waals surface area contributed by atoms with Gasteiger partial charge in [0.25, 0.3) is 11.4 Å². The molecule has 0 fully saturated rings. The molecule has 1 N–H and O–H groups in total. The molecule has 0 aliphatic rings. The molecule has 3 aromatic rings. The molecular weight excluding hydrogens is 348 g/mol. The maximum atomic E-state index is 12.2. The summed E-state index contributed by atoms with van der Waals surface area (Å²) in [5.41, 5.74) is 1.45. The minimum atomic E-state index is -0.268. The first-order valence-corrected chi connectivity index (χ1v) is 8.17. The predicted octanol–water partition coefficient (Wildman–Crippen LogP) is 1.91. The standard InChI is InChI=1S/C19H18N4O4/c1-3-13(2)18-20-19(27-22-18)16-7-8-17(25)23(21-16)12-14-5-4-6-15(11-14)26-10-9-24/h3-8,11,24H,1-2,9-10,12H2. The third-order valence-corrected chi connectivity index (χ3v) is 3.64. The van der Waals surface area contributed by atoms with E-state index in [1.165, 1.54) is 22.9 Å². The van der Waals surface area contributed by atoms with Gasteiger partial charge in [-0.05, 0) is 23.8 Å². The van der Waals surface area contributed by atoms with Crippen LogP contribution in [0.2, 0.25) is 0 Å². The average Bonchev–Trinajstić information content (AvgIpc) is 3.18. The smallest absolute Gasteiger partial charge is 0.278 e. The molecule has 27 heavy (non-hydrogen) atoms. The largest absolute Gasteiger partial charge is 0.491 e. The van der Waals surface area contributed by atoms with Gasteiger partial charge in [-0.3, -0.25) is 4.79 Å². The quantitative estimate of drug-likeness (QED) is 0.607. The minimum absolute atomic E-state index is 0.0717. The molecular formula is C19H18N4O4. The highest BCUT2D eigenvalue weighted by Gasteiger charge is 2.13. The molecule has 138 valence electrons. The second-order valence-corrected chi connectivity index (χ2v) is 5.59. The zero-order chi connectivity index (χ0) is 19.2. The van der Waals surface area contributed by atoms with E-state index >= 15 is 0 Å². The highest BCUT2D eigenvalue weighted by Crippen LogP contribution is 2.17. The van der Waals surface area contributed by atoms with Gasteiger partial charge in [0, 0.05) is 11.6 Å². The number of aromatic nitrogens is 4. The Labute approximate surface area is 155 Å². The second kappa shape index (κ2) is 8.24. The van der Waals surface area contributed by atoms with Crippen LogP contribution >= 0.6 is 0 Å². The van der Waals surface area contributed by atoms with Crippen LogP contribution in [0, 0.1) is 0 Å². The molecule has 1 aromatic carbocycles. The molecule has 0 saturated carbocycles. The number of benzene rings is 1. The van der Waals surface area contributed by atoms with E-state index < -0.39 is 0 Å². The summed E-state index contributed by atoms with van der Waals surface area (Å²) in [5.74, 6) is 1.10. The Bertz CT molecular complexity index is 1020. The van der Waals surface area contributed by atoms with Gasteiger partial charge in [0.1, 0.15) is 18.1 Å². The Balaban J connectivity index is 1.86. The Hall–Kier alpha value is -3.52. The number of aliphatic hydroxyl groups is 1. The van der Waals surface area contributed by atoms with Crippen LogP contribution in [0.5, 0.6) is 5.75 Å². The fourth-order valence-electron chi connectivity index (χ4n) is 2.30. The van der Waals surface area contributed by atoms with Gasteiger partial charge in [0.15, 0.2) is 0 Å². The monoisotopic (exact) mass is 366 g/mol. The van der Waals surface area contributed by atoms with Crippen LogP contribution in [0.25, 0.3) is 17.2 Å². The normalized spacial score (nSPS) is 10.6. The lowest BCUT2D eigenvalue weighted by Crippen LogP contribution is -2.22. The molecule has 0 amide bonds. The number of hydrogen-bond acceptors (Lipinski definition) is 7. The number of hydrogen-bond donors (Lipinski definition) is 1. The van der Waals surface area contributed by atoms with Gasteiger partial charge in [-0.2, -0.15) is 10.1 Å². The number of rotatable bonds is 8. The van der Waals surface area contributed by atoms with Crippen molar-refractivity contribution in [3.8, 4) is 17.3 Å². The molecule has 2 aromatic heterocycles. The van der Waals surface area contributed by atoms with Gasteiger partial charge >= 0.3 is 0 Å². The summed E-state index contributed by atoms with van der Waals surface area (Å²) in [5, 5.41) is 17.0. The van der Waals surface area contributed by atoms with E-state index in [0.29, 0.717) is 22.8 Å². The highest BCUT2D eigenvalue weighted by molar-refractivity contribution is 5.66. The summed E-state index contributed by atoms with van der Waals surface area (Å²) in [7, 11) is 0. The van der Waals surface area contributed by atoms with Crippen LogP contribution in [0.15, 0.2) is 64.9 Å². The van der Waals surface area contributed by atoms with Crippen LogP contribution in [0.4, 0.5) is 0 Å². The van der Waals surface area contributed by atoms with Gasteiger partial charge in [-0.25, -0.2) is 4.68 Å². The van der Waals surface area contributed by atoms with Crippen LogP contribution in [0.1, 0.15) is 11.4 Å². The highest BCUT2D eigenvalue weighted by atomic mass is 16.5. The van der Waals surface area contributed by atoms with Gasteiger partial charge in [0.05, 0.1) is 13.2 Å². The van der Waals surface area contributed by atoms with Crippen molar-refractivity contribution in [1.29, 1.82) is 0 Å². The summed E-state index contributed by atoms with van der Waals surface area (Å²) < 4.78 is 11.9. The lowest BCUT2D eigenvalue weighted by atomic mass is 10.2. The Morgan fingerprint density at radius 1 is 1.33 bits per heavy atom. The van der Waals surface area contributed by atoms with E-state index in [4.69, 9.17) is 14.4 Å². The van der Waals surface area contributed by atoms with Crippen molar-refractivity contribution in [1.82, 2.24) is 19.9 Å². The second-order valence-electron chi connectivity index (χ2n) is 5.59. The Morgan fingerprint density at radius 3 is 2.96 bits per heavy atom. The van der Waals surface area contributed by atoms with E-state index in [-0.39, 0.29) is 31.2 Å². The third-order valence-electron chi connectivity index (χ3n) is 3.64. The molecule has 0 bridgehead atoms. The number of ether oxygens (including phenoxy) is 1. The average molecular weight is 366 g/mol. The van der Waals surface area contributed by atoms with E-state index in [0.717, 1.165) is 5.56 Å². The van der Waals surface area contributed by atoms with Gasteiger partial charge < -0.3 is 14.4 Å². The van der Waals surface area contributed by atoms with Crippen molar-refractivity contribution in [2.75, 3.05) is 13.2 Å². The number of allylic oxidation sites excluding steroid dienone is 2. The topological polar surface area (TPSA) is 103 Å². The lowest BCUT2D eigenvalue weighted by Gasteiger charge is -2.08. The molecule has 0 aliphatic heterocycles. The minimum Gasteiger partial charge on any atom is -0.491 e. The first-order chi connectivity index (χ1) is 13.1. The third kappa shape index (κ3) is 4.36. The molecule has 0 saturated heterocycles. The van der Waals surface area contributed by atoms with Gasteiger partial charge in [0.2, 0.25) is 5.82 Å². The fraction of sp³-hybridized carbons (Fsp3) is 0.158. The SMILES string of the molecule is C=CC(=C)c1noc(-c2ccc(=O)n(Cc3cccc(OCCO)c3)n2)n1. The molecule has 2 heterocycles. The van der Waals surface area contributed by atoms with E-state index in [1.807, 2.05) is 12.1 Å². The molecule has 8 nitrogen and oxygen atoms in total. The summed E-state index contributed by atoms with van der Waals surface area (Å²) in [4.78, 5) is 16.4. The summed E-state index contributed by atoms with van der Waals surface area (Å²) in [6.07, 6.45) is 1.52. The Kier molecular flexibility index (Phi) is 5.58. The lowest BCUT2D eigenvalue weighted by molar-refractivity contribution is 0.201. The van der Waals surface area contributed by atoms with Gasteiger partial charge in [-0.15, -0.1) is 0 Å². The van der Waals surface area contributed by atoms with Crippen LogP contribution in [-0.4, -0.2) is 38.2 Å². The molecule has 8 heteroatoms. The molecule has 0 unspecified atom stereocenters. The summed E-state index contributed by atoms with van der Waals surface area (Å²) in [6.45, 7) is 7.74. The zero-order valence-corrected chi connectivity index (χ0v) is 14.5. The maximum absolute atomic E-state index is 12.2. The molecule has 0 spiro atoms. The number of nitrogens with zero attached hydrogens (tertiary/aromatic N) is 4. The Morgan fingerprint density at radius 2 is 2.19 bits per heavy atom. The first kappa shape index (κ1) is 18.3. The van der Waals surface area contributed by atoms with Crippen molar-refractivity contribution < 1.29 is 14.4 Å². The molecule has 0 radical (unpaired) electrons. The van der Waals surface area contributed by atoms with E-state index in [9.17, 15) is 4.79 Å². The van der Waals surface area contributed by atoms with Crippen molar-refractivity contribution in [2.45, 2.75) is 6.54 Å². The van der Waals surface area contributed by atoms with Crippen LogP contribution in [-0.2, 0) is 6.54 Å². The van der Waals surface area contributed by atoms with Crippen LogP contribution in [0.3, 0.4) is 0 Å². The fourth-order valence-corrected chi connectivity index (χ4v) is 2.30. The summed E-state index contributed by atoms with van der Waals surface area (Å²) >= 11 is 0. The van der Waals surface area contributed by atoms with Crippen molar-refractivity contribution in [3.05, 3.63) is 77.4 Å². The number of aliphatic hydroxyl groups excluding tert-OH is 1. The zero-order valence-electron chi connectivity index (χ0n) is 14.5. The molecule has 3 rings (SSSR count). The van der Waals surface area contributed by atoms with E-state index in [2.05, 4.69) is 28.4 Å². The van der Waals surface area contributed by atoms with Crippen LogP contribution < -0.4 is 10.3 Å².